The van der Waals surface area contributed by atoms with Crippen molar-refractivity contribution in [1.82, 2.24) is 5.32 Å². The molecule has 1 aromatic rings. The first kappa shape index (κ1) is 18.7. The maximum atomic E-state index is 11.7. The number of carbonyl (C=O) groups excluding carboxylic acids is 1. The number of hydrogen-bond donors (Lipinski definition) is 1. The Hall–Kier alpha value is -0.380. The summed E-state index contributed by atoms with van der Waals surface area (Å²) in [5.74, 6) is 1.35. The van der Waals surface area contributed by atoms with Gasteiger partial charge in [0, 0.05) is 12.3 Å². The van der Waals surface area contributed by atoms with Crippen molar-refractivity contribution in [2.24, 2.45) is 0 Å². The van der Waals surface area contributed by atoms with Gasteiger partial charge in [-0.1, -0.05) is 61.9 Å². The summed E-state index contributed by atoms with van der Waals surface area (Å²) in [4.78, 5) is 11.7. The van der Waals surface area contributed by atoms with Crippen LogP contribution in [0.15, 0.2) is 18.2 Å². The number of rotatable bonds is 10. The molecule has 1 N–H and O–H groups in total. The van der Waals surface area contributed by atoms with Crippen LogP contribution in [0.5, 0.6) is 0 Å². The molecule has 0 spiro atoms. The highest BCUT2D eigenvalue weighted by Crippen LogP contribution is 2.24. The van der Waals surface area contributed by atoms with Gasteiger partial charge in [0.15, 0.2) is 0 Å². The molecule has 0 saturated carbocycles. The summed E-state index contributed by atoms with van der Waals surface area (Å²) in [5, 5.41) is 4.08. The lowest BCUT2D eigenvalue weighted by Gasteiger charge is -2.06. The van der Waals surface area contributed by atoms with E-state index in [0.29, 0.717) is 15.8 Å². The number of benzene rings is 1. The molecule has 0 unspecified atom stereocenters. The van der Waals surface area contributed by atoms with E-state index in [2.05, 4.69) is 12.2 Å². The molecule has 0 bridgehead atoms. The lowest BCUT2D eigenvalue weighted by molar-refractivity contribution is -0.118. The van der Waals surface area contributed by atoms with Gasteiger partial charge >= 0.3 is 0 Å². The van der Waals surface area contributed by atoms with Crippen LogP contribution in [-0.4, -0.2) is 18.2 Å². The minimum atomic E-state index is 0.107. The number of nitrogens with one attached hydrogen (secondary N) is 1. The highest BCUT2D eigenvalue weighted by molar-refractivity contribution is 7.99. The van der Waals surface area contributed by atoms with E-state index in [0.717, 1.165) is 24.3 Å². The molecular formula is C16H23Cl2NOS. The van der Waals surface area contributed by atoms with Crippen LogP contribution in [0.1, 0.15) is 44.6 Å². The number of unbranched alkanes of at least 4 members (excludes halogenated alkanes) is 4. The van der Waals surface area contributed by atoms with Crippen LogP contribution in [-0.2, 0) is 10.5 Å². The second-order valence-electron chi connectivity index (χ2n) is 5.01. The van der Waals surface area contributed by atoms with Gasteiger partial charge in [0.25, 0.3) is 0 Å². The molecule has 0 fully saturated rings. The lowest BCUT2D eigenvalue weighted by atomic mass is 10.1. The highest BCUT2D eigenvalue weighted by Gasteiger charge is 2.03. The Morgan fingerprint density at radius 3 is 2.62 bits per heavy atom. The van der Waals surface area contributed by atoms with Gasteiger partial charge in [0.05, 0.1) is 15.8 Å². The van der Waals surface area contributed by atoms with Crippen LogP contribution >= 0.6 is 35.0 Å². The van der Waals surface area contributed by atoms with E-state index in [-0.39, 0.29) is 5.91 Å². The second kappa shape index (κ2) is 11.2. The summed E-state index contributed by atoms with van der Waals surface area (Å²) in [7, 11) is 0. The molecule has 21 heavy (non-hydrogen) atoms. The van der Waals surface area contributed by atoms with Crippen molar-refractivity contribution in [1.29, 1.82) is 0 Å². The molecule has 5 heteroatoms. The minimum Gasteiger partial charge on any atom is -0.355 e. The van der Waals surface area contributed by atoms with Gasteiger partial charge in [-0.25, -0.2) is 0 Å². The molecule has 0 saturated heterocycles. The third kappa shape index (κ3) is 8.60. The topological polar surface area (TPSA) is 29.1 Å². The quantitative estimate of drug-likeness (QED) is 0.580. The predicted molar refractivity (Wildman–Crippen MR) is 94.4 cm³/mol. The maximum absolute atomic E-state index is 11.7. The molecule has 1 rings (SSSR count). The van der Waals surface area contributed by atoms with Crippen molar-refractivity contribution < 1.29 is 4.79 Å². The molecule has 0 aliphatic carbocycles. The second-order valence-corrected chi connectivity index (χ2v) is 6.81. The fraction of sp³-hybridized carbons (Fsp3) is 0.562. The lowest BCUT2D eigenvalue weighted by Crippen LogP contribution is -2.26. The summed E-state index contributed by atoms with van der Waals surface area (Å²) in [6.07, 6.45) is 6.07. The molecule has 1 aromatic carbocycles. The zero-order valence-corrected chi connectivity index (χ0v) is 14.8. The monoisotopic (exact) mass is 347 g/mol. The molecule has 0 aliphatic rings. The van der Waals surface area contributed by atoms with E-state index in [1.165, 1.54) is 25.7 Å². The number of halogens is 2. The summed E-state index contributed by atoms with van der Waals surface area (Å²) in [6.45, 7) is 2.99. The first-order chi connectivity index (χ1) is 10.1. The molecule has 0 heterocycles. The number of amides is 1. The maximum Gasteiger partial charge on any atom is 0.230 e. The number of thioether (sulfide) groups is 1. The minimum absolute atomic E-state index is 0.107. The van der Waals surface area contributed by atoms with Crippen LogP contribution < -0.4 is 5.32 Å². The Bertz CT molecular complexity index is 440. The fourth-order valence-corrected chi connectivity index (χ4v) is 3.02. The van der Waals surface area contributed by atoms with E-state index in [9.17, 15) is 4.79 Å². The van der Waals surface area contributed by atoms with Gasteiger partial charge in [0.2, 0.25) is 5.91 Å². The van der Waals surface area contributed by atoms with E-state index < -0.39 is 0 Å². The third-order valence-electron chi connectivity index (χ3n) is 3.09. The van der Waals surface area contributed by atoms with Gasteiger partial charge in [-0.3, -0.25) is 4.79 Å². The molecule has 0 aromatic heterocycles. The average Bonchev–Trinajstić information content (AvgIpc) is 2.46. The number of carbonyl (C=O) groups is 1. The van der Waals surface area contributed by atoms with Crippen molar-refractivity contribution in [3.05, 3.63) is 33.8 Å². The molecule has 0 radical (unpaired) electrons. The Labute approximate surface area is 142 Å². The molecule has 1 amide bonds. The normalized spacial score (nSPS) is 10.6. The van der Waals surface area contributed by atoms with Crippen molar-refractivity contribution in [3.8, 4) is 0 Å². The summed E-state index contributed by atoms with van der Waals surface area (Å²) >= 11 is 13.4. The number of hydrogen-bond acceptors (Lipinski definition) is 2. The van der Waals surface area contributed by atoms with Gasteiger partial charge in [-0.05, 0) is 24.1 Å². The zero-order valence-electron chi connectivity index (χ0n) is 12.5. The van der Waals surface area contributed by atoms with Gasteiger partial charge in [-0.2, -0.15) is 0 Å². The van der Waals surface area contributed by atoms with Crippen molar-refractivity contribution in [2.75, 3.05) is 12.3 Å². The largest absolute Gasteiger partial charge is 0.355 e. The smallest absolute Gasteiger partial charge is 0.230 e. The predicted octanol–water partition coefficient (Wildman–Crippen LogP) is 5.31. The van der Waals surface area contributed by atoms with Gasteiger partial charge < -0.3 is 5.32 Å². The average molecular weight is 348 g/mol. The first-order valence-electron chi connectivity index (χ1n) is 7.42. The molecule has 0 aliphatic heterocycles. The molecular weight excluding hydrogens is 325 g/mol. The van der Waals surface area contributed by atoms with E-state index in [4.69, 9.17) is 23.2 Å². The fourth-order valence-electron chi connectivity index (χ4n) is 1.90. The van der Waals surface area contributed by atoms with Crippen LogP contribution in [0.3, 0.4) is 0 Å². The van der Waals surface area contributed by atoms with Crippen molar-refractivity contribution >= 4 is 40.9 Å². The van der Waals surface area contributed by atoms with Gasteiger partial charge in [0.1, 0.15) is 0 Å². The Kier molecular flexibility index (Phi) is 9.98. The Balaban J connectivity index is 2.09. The van der Waals surface area contributed by atoms with Crippen LogP contribution in [0, 0.1) is 0 Å². The van der Waals surface area contributed by atoms with Crippen LogP contribution in [0.4, 0.5) is 0 Å². The summed E-state index contributed by atoms with van der Waals surface area (Å²) in [6, 6.07) is 5.57. The zero-order chi connectivity index (χ0) is 15.5. The van der Waals surface area contributed by atoms with Crippen LogP contribution in [0.2, 0.25) is 10.0 Å². The molecule has 0 atom stereocenters. The molecule has 118 valence electrons. The van der Waals surface area contributed by atoms with Crippen molar-refractivity contribution in [3.63, 3.8) is 0 Å². The Morgan fingerprint density at radius 2 is 1.90 bits per heavy atom. The Morgan fingerprint density at radius 1 is 1.14 bits per heavy atom. The third-order valence-corrected chi connectivity index (χ3v) is 4.83. The van der Waals surface area contributed by atoms with E-state index >= 15 is 0 Å². The summed E-state index contributed by atoms with van der Waals surface area (Å²) in [5.41, 5.74) is 1.08. The summed E-state index contributed by atoms with van der Waals surface area (Å²) < 4.78 is 0. The SMILES string of the molecule is CCCCCCCNC(=O)CSCc1ccc(Cl)c(Cl)c1. The van der Waals surface area contributed by atoms with Crippen LogP contribution in [0.25, 0.3) is 0 Å². The van der Waals surface area contributed by atoms with Gasteiger partial charge in [-0.15, -0.1) is 11.8 Å². The van der Waals surface area contributed by atoms with Crippen molar-refractivity contribution in [2.45, 2.75) is 44.8 Å². The molecule has 2 nitrogen and oxygen atoms in total. The first-order valence-corrected chi connectivity index (χ1v) is 9.33. The standard InChI is InChI=1S/C16H23Cl2NOS/c1-2-3-4-5-6-9-19-16(20)12-21-11-13-7-8-14(17)15(18)10-13/h7-8,10H,2-6,9,11-12H2,1H3,(H,19,20). The van der Waals surface area contributed by atoms with E-state index in [1.807, 2.05) is 12.1 Å². The van der Waals surface area contributed by atoms with E-state index in [1.54, 1.807) is 17.8 Å². The highest BCUT2D eigenvalue weighted by atomic mass is 35.5.